The van der Waals surface area contributed by atoms with Crippen LogP contribution in [-0.2, 0) is 6.54 Å². The number of halogens is 1. The lowest BCUT2D eigenvalue weighted by Crippen LogP contribution is -2.00. The van der Waals surface area contributed by atoms with E-state index in [0.717, 1.165) is 31.3 Å². The second-order valence-corrected chi connectivity index (χ2v) is 4.70. The first-order valence-electron chi connectivity index (χ1n) is 6.16. The Kier molecular flexibility index (Phi) is 3.92. The number of fused-ring (bicyclic) bond motifs is 1. The molecule has 0 aliphatic rings. The van der Waals surface area contributed by atoms with Crippen molar-refractivity contribution in [3.63, 3.8) is 0 Å². The second kappa shape index (κ2) is 5.44. The van der Waals surface area contributed by atoms with E-state index in [0.29, 0.717) is 10.5 Å². The van der Waals surface area contributed by atoms with Crippen molar-refractivity contribution in [1.29, 1.82) is 0 Å². The van der Waals surface area contributed by atoms with Crippen molar-refractivity contribution in [2.24, 2.45) is 0 Å². The Hall–Kier alpha value is -1.48. The molecule has 1 heterocycles. The van der Waals surface area contributed by atoms with Crippen LogP contribution in [0.5, 0.6) is 0 Å². The molecule has 0 unspecified atom stereocenters. The molecule has 96 valence electrons. The fraction of sp³-hybridized carbons (Fsp3) is 0.357. The fourth-order valence-corrected chi connectivity index (χ4v) is 2.57. The predicted molar refractivity (Wildman–Crippen MR) is 73.4 cm³/mol. The molecule has 0 atom stereocenters. The second-order valence-electron chi connectivity index (χ2n) is 4.35. The van der Waals surface area contributed by atoms with Gasteiger partial charge in [0, 0.05) is 11.9 Å². The highest BCUT2D eigenvalue weighted by atomic mass is 35.5. The van der Waals surface area contributed by atoms with Crippen LogP contribution >= 0.6 is 11.6 Å². The molecule has 2 rings (SSSR count). The number of aromatic carboxylic acids is 1. The summed E-state index contributed by atoms with van der Waals surface area (Å²) in [4.78, 5) is 11.3. The number of hydrogen-bond acceptors (Lipinski definition) is 1. The zero-order valence-corrected chi connectivity index (χ0v) is 11.1. The van der Waals surface area contributed by atoms with Gasteiger partial charge in [-0.05, 0) is 12.5 Å². The third-order valence-electron chi connectivity index (χ3n) is 3.11. The zero-order chi connectivity index (χ0) is 13.1. The SMILES string of the molecule is CCCCCn1c(Cl)c(C(=O)O)c2ccccc21. The van der Waals surface area contributed by atoms with Crippen LogP contribution in [0.3, 0.4) is 0 Å². The average Bonchev–Trinajstić information content (AvgIpc) is 2.63. The molecular weight excluding hydrogens is 250 g/mol. The molecule has 0 amide bonds. The summed E-state index contributed by atoms with van der Waals surface area (Å²) in [5.74, 6) is -0.967. The quantitative estimate of drug-likeness (QED) is 0.824. The van der Waals surface area contributed by atoms with E-state index in [-0.39, 0.29) is 5.56 Å². The minimum absolute atomic E-state index is 0.212. The van der Waals surface area contributed by atoms with Gasteiger partial charge in [-0.15, -0.1) is 0 Å². The maximum atomic E-state index is 11.3. The van der Waals surface area contributed by atoms with E-state index in [9.17, 15) is 9.90 Å². The smallest absolute Gasteiger partial charge is 0.339 e. The number of para-hydroxylation sites is 1. The monoisotopic (exact) mass is 265 g/mol. The van der Waals surface area contributed by atoms with Gasteiger partial charge >= 0.3 is 5.97 Å². The lowest BCUT2D eigenvalue weighted by Gasteiger charge is -2.06. The lowest BCUT2D eigenvalue weighted by atomic mass is 10.2. The summed E-state index contributed by atoms with van der Waals surface area (Å²) < 4.78 is 1.90. The van der Waals surface area contributed by atoms with E-state index in [1.807, 2.05) is 22.8 Å². The molecular formula is C14H16ClNO2. The normalized spacial score (nSPS) is 11.0. The number of benzene rings is 1. The molecule has 3 nitrogen and oxygen atoms in total. The van der Waals surface area contributed by atoms with Crippen LogP contribution < -0.4 is 0 Å². The van der Waals surface area contributed by atoms with Gasteiger partial charge in [-0.3, -0.25) is 0 Å². The van der Waals surface area contributed by atoms with Crippen LogP contribution in [0.1, 0.15) is 36.5 Å². The molecule has 18 heavy (non-hydrogen) atoms. The maximum Gasteiger partial charge on any atom is 0.339 e. The molecule has 1 aromatic carbocycles. The van der Waals surface area contributed by atoms with Crippen LogP contribution in [0.2, 0.25) is 5.15 Å². The van der Waals surface area contributed by atoms with E-state index in [1.54, 1.807) is 6.07 Å². The number of aromatic nitrogens is 1. The summed E-state index contributed by atoms with van der Waals surface area (Å²) in [7, 11) is 0. The van der Waals surface area contributed by atoms with E-state index in [4.69, 9.17) is 11.6 Å². The van der Waals surface area contributed by atoms with Crippen LogP contribution in [-0.4, -0.2) is 15.6 Å². The molecule has 0 saturated heterocycles. The molecule has 0 aliphatic heterocycles. The highest BCUT2D eigenvalue weighted by Gasteiger charge is 2.19. The summed E-state index contributed by atoms with van der Waals surface area (Å²) in [6, 6.07) is 7.46. The minimum atomic E-state index is -0.967. The number of unbranched alkanes of at least 4 members (excludes halogenated alkanes) is 2. The van der Waals surface area contributed by atoms with Gasteiger partial charge in [0.15, 0.2) is 0 Å². The van der Waals surface area contributed by atoms with Crippen molar-refractivity contribution in [2.75, 3.05) is 0 Å². The third-order valence-corrected chi connectivity index (χ3v) is 3.50. The minimum Gasteiger partial charge on any atom is -0.478 e. The number of rotatable bonds is 5. The molecule has 1 N–H and O–H groups in total. The van der Waals surface area contributed by atoms with Gasteiger partial charge < -0.3 is 9.67 Å². The van der Waals surface area contributed by atoms with Crippen molar-refractivity contribution in [1.82, 2.24) is 4.57 Å². The lowest BCUT2D eigenvalue weighted by molar-refractivity contribution is 0.0699. The van der Waals surface area contributed by atoms with Gasteiger partial charge in [-0.25, -0.2) is 4.79 Å². The summed E-state index contributed by atoms with van der Waals surface area (Å²) in [6.45, 7) is 2.90. The van der Waals surface area contributed by atoms with Crippen LogP contribution in [0.15, 0.2) is 24.3 Å². The Labute approximate surface area is 111 Å². The summed E-state index contributed by atoms with van der Waals surface area (Å²) in [5.41, 5.74) is 1.11. The first-order chi connectivity index (χ1) is 8.66. The molecule has 0 saturated carbocycles. The Bertz CT molecular complexity index is 574. The summed E-state index contributed by atoms with van der Waals surface area (Å²) >= 11 is 6.21. The number of carboxylic acids is 1. The molecule has 2 aromatic rings. The maximum absolute atomic E-state index is 11.3. The average molecular weight is 266 g/mol. The van der Waals surface area contributed by atoms with Gasteiger partial charge in [0.1, 0.15) is 10.7 Å². The largest absolute Gasteiger partial charge is 0.478 e. The Morgan fingerprint density at radius 3 is 2.72 bits per heavy atom. The zero-order valence-electron chi connectivity index (χ0n) is 10.3. The van der Waals surface area contributed by atoms with Crippen molar-refractivity contribution in [2.45, 2.75) is 32.7 Å². The number of nitrogens with zero attached hydrogens (tertiary/aromatic N) is 1. The van der Waals surface area contributed by atoms with Gasteiger partial charge in [-0.2, -0.15) is 0 Å². The number of carboxylic acid groups (broad SMARTS) is 1. The summed E-state index contributed by atoms with van der Waals surface area (Å²) in [5, 5.41) is 10.3. The van der Waals surface area contributed by atoms with Crippen LogP contribution in [0, 0.1) is 0 Å². The highest BCUT2D eigenvalue weighted by Crippen LogP contribution is 2.30. The molecule has 0 fully saturated rings. The van der Waals surface area contributed by atoms with E-state index < -0.39 is 5.97 Å². The predicted octanol–water partition coefficient (Wildman–Crippen LogP) is 4.18. The Morgan fingerprint density at radius 2 is 2.06 bits per heavy atom. The number of aryl methyl sites for hydroxylation is 1. The Balaban J connectivity index is 2.51. The van der Waals surface area contributed by atoms with E-state index in [2.05, 4.69) is 6.92 Å². The molecule has 0 aliphatic carbocycles. The Morgan fingerprint density at radius 1 is 1.33 bits per heavy atom. The van der Waals surface area contributed by atoms with Crippen molar-refractivity contribution in [3.05, 3.63) is 35.0 Å². The molecule has 0 radical (unpaired) electrons. The van der Waals surface area contributed by atoms with Crippen LogP contribution in [0.25, 0.3) is 10.9 Å². The van der Waals surface area contributed by atoms with E-state index >= 15 is 0 Å². The van der Waals surface area contributed by atoms with E-state index in [1.165, 1.54) is 0 Å². The first-order valence-corrected chi connectivity index (χ1v) is 6.54. The van der Waals surface area contributed by atoms with Gasteiger partial charge in [0.25, 0.3) is 0 Å². The van der Waals surface area contributed by atoms with Crippen molar-refractivity contribution in [3.8, 4) is 0 Å². The van der Waals surface area contributed by atoms with Crippen LogP contribution in [0.4, 0.5) is 0 Å². The number of hydrogen-bond donors (Lipinski definition) is 1. The van der Waals surface area contributed by atoms with Crippen molar-refractivity contribution >= 4 is 28.5 Å². The summed E-state index contributed by atoms with van der Waals surface area (Å²) in [6.07, 6.45) is 3.25. The van der Waals surface area contributed by atoms with Crippen molar-refractivity contribution < 1.29 is 9.90 Å². The standard InChI is InChI=1S/C14H16ClNO2/c1-2-3-6-9-16-11-8-5-4-7-10(11)12(13(16)15)14(17)18/h4-5,7-8H,2-3,6,9H2,1H3,(H,17,18). The highest BCUT2D eigenvalue weighted by molar-refractivity contribution is 6.35. The third kappa shape index (κ3) is 2.23. The van der Waals surface area contributed by atoms with Gasteiger partial charge in [-0.1, -0.05) is 49.6 Å². The molecule has 0 spiro atoms. The fourth-order valence-electron chi connectivity index (χ4n) is 2.21. The number of carbonyl (C=O) groups is 1. The molecule has 0 bridgehead atoms. The molecule has 1 aromatic heterocycles. The van der Waals surface area contributed by atoms with Gasteiger partial charge in [0.2, 0.25) is 0 Å². The topological polar surface area (TPSA) is 42.2 Å². The molecule has 4 heteroatoms. The first kappa shape index (κ1) is 13.0. The van der Waals surface area contributed by atoms with Gasteiger partial charge in [0.05, 0.1) is 5.52 Å².